The van der Waals surface area contributed by atoms with Crippen LogP contribution in [0, 0.1) is 0 Å². The number of nitrogens with one attached hydrogen (secondary N) is 1. The maximum absolute atomic E-state index is 14.0. The van der Waals surface area contributed by atoms with Crippen molar-refractivity contribution in [2.75, 3.05) is 9.80 Å². The molecule has 0 atom stereocenters. The molecule has 280 valence electrons. The largest absolute Gasteiger partial charge is 0.505 e. The molecule has 6 heterocycles. The summed E-state index contributed by atoms with van der Waals surface area (Å²) in [6.07, 6.45) is 6.87. The number of benzene rings is 4. The molecule has 0 bridgehead atoms. The van der Waals surface area contributed by atoms with Crippen molar-refractivity contribution < 1.29 is 38.2 Å². The first kappa shape index (κ1) is 35.6. The molecule has 7 aromatic rings. The van der Waals surface area contributed by atoms with Crippen molar-refractivity contribution in [3.8, 4) is 5.75 Å². The fourth-order valence-corrected chi connectivity index (χ4v) is 7.49. The molecule has 0 saturated heterocycles. The van der Waals surface area contributed by atoms with Gasteiger partial charge in [0, 0.05) is 39.7 Å². The summed E-state index contributed by atoms with van der Waals surface area (Å²) in [5.74, 6) is -2.06. The molecule has 4 aromatic carbocycles. The Kier molecular flexibility index (Phi) is 8.51. The molecule has 0 radical (unpaired) electrons. The highest BCUT2D eigenvalue weighted by molar-refractivity contribution is 6.55. The normalized spacial score (nSPS) is 15.2. The van der Waals surface area contributed by atoms with E-state index in [1.54, 1.807) is 145 Å². The molecule has 2 amide bonds. The highest BCUT2D eigenvalue weighted by atomic mass is 16.3. The molecule has 3 aliphatic heterocycles. The van der Waals surface area contributed by atoms with Gasteiger partial charge in [-0.3, -0.25) is 33.8 Å². The summed E-state index contributed by atoms with van der Waals surface area (Å²) < 4.78 is 3.46. The van der Waals surface area contributed by atoms with Gasteiger partial charge in [-0.25, -0.2) is 14.1 Å². The summed E-state index contributed by atoms with van der Waals surface area (Å²) in [7, 11) is 3.58. The number of aromatic hydroxyl groups is 1. The number of anilines is 2. The predicted molar refractivity (Wildman–Crippen MR) is 214 cm³/mol. The number of para-hydroxylation sites is 4. The minimum atomic E-state index is -0.498. The molecule has 0 spiro atoms. The molecule has 0 aliphatic carbocycles. The second kappa shape index (κ2) is 13.9. The van der Waals surface area contributed by atoms with Gasteiger partial charge < -0.3 is 10.1 Å². The Bertz CT molecular complexity index is 2890. The van der Waals surface area contributed by atoms with Crippen molar-refractivity contribution in [2.24, 2.45) is 19.1 Å². The Morgan fingerprint density at radius 3 is 1.59 bits per heavy atom. The van der Waals surface area contributed by atoms with E-state index in [-0.39, 0.29) is 39.8 Å². The molecule has 3 aliphatic rings. The Morgan fingerprint density at radius 1 is 0.586 bits per heavy atom. The van der Waals surface area contributed by atoms with Crippen molar-refractivity contribution in [1.82, 2.24) is 4.98 Å². The number of aliphatic imine (C=N–C) groups is 1. The zero-order chi connectivity index (χ0) is 40.2. The van der Waals surface area contributed by atoms with E-state index >= 15 is 0 Å². The number of aromatic amines is 1. The Hall–Kier alpha value is -8.12. The summed E-state index contributed by atoms with van der Waals surface area (Å²) in [4.78, 5) is 78.0. The maximum atomic E-state index is 14.0. The van der Waals surface area contributed by atoms with Gasteiger partial charge in [0.2, 0.25) is 17.3 Å². The van der Waals surface area contributed by atoms with Gasteiger partial charge in [-0.2, -0.15) is 0 Å². The molecule has 12 nitrogen and oxygen atoms in total. The lowest BCUT2D eigenvalue weighted by atomic mass is 10.1. The first-order valence-electron chi connectivity index (χ1n) is 18.3. The van der Waals surface area contributed by atoms with Crippen LogP contribution >= 0.6 is 0 Å². The summed E-state index contributed by atoms with van der Waals surface area (Å²) in [6, 6.07) is 34.7. The van der Waals surface area contributed by atoms with Crippen LogP contribution in [0.5, 0.6) is 5.75 Å². The van der Waals surface area contributed by atoms with Crippen LogP contribution < -0.4 is 18.9 Å². The maximum Gasteiger partial charge on any atom is 0.269 e. The molecule has 3 aromatic heterocycles. The third-order valence-electron chi connectivity index (χ3n) is 10.2. The summed E-state index contributed by atoms with van der Waals surface area (Å²) >= 11 is 0. The van der Waals surface area contributed by atoms with E-state index in [1.165, 1.54) is 9.80 Å². The first-order chi connectivity index (χ1) is 28.1. The van der Waals surface area contributed by atoms with Gasteiger partial charge in [0.25, 0.3) is 11.8 Å². The number of hydrogen-bond donors (Lipinski definition) is 2. The minimum Gasteiger partial charge on any atom is -0.505 e. The quantitative estimate of drug-likeness (QED) is 0.164. The summed E-state index contributed by atoms with van der Waals surface area (Å²) in [6.45, 7) is 0. The monoisotopic (exact) mass is 764 g/mol. The van der Waals surface area contributed by atoms with Crippen LogP contribution in [0.2, 0.25) is 0 Å². The van der Waals surface area contributed by atoms with Gasteiger partial charge in [0.1, 0.15) is 48.0 Å². The standard InChI is InChI=1S/C30H22N4O4.C16H10N2O2/c1-31-15-7-9-19(17-31)29(37)33-23-13-5-3-11-21(23)27(35)25(33)26-28(36)22-12-4-6-14-24(22)34(26)30(38)20-10-8-16-32(2)18-20;19-15-9-5-1-3-7-11(9)17-13(15)14-16(20)10-6-2-4-8-12(10)18-14/h3-18H,1-2H3;1-8,17,19H/q+2;/b26-25+;. The molecule has 0 unspecified atom stereocenters. The molecule has 58 heavy (non-hydrogen) atoms. The molecule has 2 N–H and O–H groups in total. The summed E-state index contributed by atoms with van der Waals surface area (Å²) in [5, 5.41) is 11.0. The number of hydrogen-bond acceptors (Lipinski definition) is 7. The number of fused-ring (bicyclic) bond motifs is 4. The third-order valence-corrected chi connectivity index (χ3v) is 10.2. The van der Waals surface area contributed by atoms with Crippen LogP contribution in [0.25, 0.3) is 10.9 Å². The highest BCUT2D eigenvalue weighted by Gasteiger charge is 2.47. The smallest absolute Gasteiger partial charge is 0.269 e. The van der Waals surface area contributed by atoms with E-state index in [1.807, 2.05) is 24.3 Å². The van der Waals surface area contributed by atoms with Gasteiger partial charge in [-0.15, -0.1) is 0 Å². The lowest BCUT2D eigenvalue weighted by Gasteiger charge is -2.24. The number of Topliss-reactive ketones (excluding diaryl/α,β-unsaturated/α-hetero) is 3. The lowest BCUT2D eigenvalue weighted by Crippen LogP contribution is -2.38. The van der Waals surface area contributed by atoms with E-state index in [9.17, 15) is 29.1 Å². The van der Waals surface area contributed by atoms with E-state index in [2.05, 4.69) is 9.98 Å². The number of H-pyrrole nitrogens is 1. The van der Waals surface area contributed by atoms with Gasteiger partial charge in [-0.1, -0.05) is 48.5 Å². The fraction of sp³-hybridized carbons (Fsp3) is 0.0435. The van der Waals surface area contributed by atoms with E-state index in [0.29, 0.717) is 44.8 Å². The number of allylic oxidation sites excluding steroid dienone is 2. The predicted octanol–water partition coefficient (Wildman–Crippen LogP) is 6.12. The Morgan fingerprint density at radius 2 is 1.07 bits per heavy atom. The van der Waals surface area contributed by atoms with Crippen LogP contribution in [-0.2, 0) is 14.1 Å². The van der Waals surface area contributed by atoms with E-state index in [4.69, 9.17) is 0 Å². The molecule has 10 rings (SSSR count). The number of amides is 2. The first-order valence-corrected chi connectivity index (χ1v) is 18.3. The van der Waals surface area contributed by atoms with Crippen molar-refractivity contribution in [3.05, 3.63) is 191 Å². The number of aromatic nitrogens is 3. The zero-order valence-electron chi connectivity index (χ0n) is 31.1. The van der Waals surface area contributed by atoms with Crippen LogP contribution in [-0.4, -0.2) is 45.0 Å². The Labute approximate surface area is 330 Å². The van der Waals surface area contributed by atoms with Crippen LogP contribution in [0.15, 0.2) is 163 Å². The molecule has 0 saturated carbocycles. The minimum absolute atomic E-state index is 0.0699. The highest BCUT2D eigenvalue weighted by Crippen LogP contribution is 2.44. The topological polar surface area (TPSA) is 148 Å². The van der Waals surface area contributed by atoms with Crippen molar-refractivity contribution in [3.63, 3.8) is 0 Å². The second-order valence-electron chi connectivity index (χ2n) is 13.9. The number of pyridine rings is 2. The van der Waals surface area contributed by atoms with Gasteiger partial charge in [0.15, 0.2) is 30.5 Å². The van der Waals surface area contributed by atoms with E-state index < -0.39 is 23.4 Å². The van der Waals surface area contributed by atoms with Gasteiger partial charge in [-0.05, 0) is 60.7 Å². The zero-order valence-corrected chi connectivity index (χ0v) is 31.1. The number of aryl methyl sites for hydroxylation is 2. The average molecular weight is 765 g/mol. The van der Waals surface area contributed by atoms with Crippen molar-refractivity contribution in [2.45, 2.75) is 0 Å². The fourth-order valence-electron chi connectivity index (χ4n) is 7.49. The van der Waals surface area contributed by atoms with E-state index in [0.717, 1.165) is 5.52 Å². The number of rotatable bonds is 3. The number of carbonyl (C=O) groups is 5. The summed E-state index contributed by atoms with van der Waals surface area (Å²) in [5.41, 5.74) is 4.30. The molecular weight excluding hydrogens is 733 g/mol. The number of nitrogens with zero attached hydrogens (tertiary/aromatic N) is 5. The number of carbonyl (C=O) groups excluding carboxylic acids is 5. The van der Waals surface area contributed by atoms with Crippen LogP contribution in [0.3, 0.4) is 0 Å². The molecular formula is C46H32N6O6+2. The van der Waals surface area contributed by atoms with Crippen molar-refractivity contribution in [1.29, 1.82) is 0 Å². The molecule has 0 fully saturated rings. The van der Waals surface area contributed by atoms with Gasteiger partial charge >= 0.3 is 0 Å². The average Bonchev–Trinajstić information content (AvgIpc) is 3.94. The lowest BCUT2D eigenvalue weighted by molar-refractivity contribution is -0.671. The second-order valence-corrected chi connectivity index (χ2v) is 13.9. The Balaban J connectivity index is 0.000000182. The van der Waals surface area contributed by atoms with Gasteiger partial charge in [0.05, 0.1) is 17.1 Å². The molecule has 12 heteroatoms. The number of ketones is 3. The van der Waals surface area contributed by atoms with Crippen LogP contribution in [0.1, 0.15) is 57.5 Å². The van der Waals surface area contributed by atoms with Crippen LogP contribution in [0.4, 0.5) is 17.1 Å². The van der Waals surface area contributed by atoms with Crippen molar-refractivity contribution >= 4 is 62.8 Å². The third kappa shape index (κ3) is 5.70. The SMILES string of the molecule is C[n+]1cccc(C(=O)N2/C(=C3\C(=O)c4ccccc4N3C(=O)c3ccc[n+](C)c3)C(=O)c3ccccc32)c1.O=C1C(c2[nH]c3ccccc3c2O)=Nc2ccccc21.